The number of aliphatic hydroxyl groups is 5. The molecule has 0 unspecified atom stereocenters. The predicted molar refractivity (Wildman–Crippen MR) is 478 cm³/mol. The molecule has 2 saturated heterocycles. The number of rotatable bonds is 22. The third-order valence-corrected chi connectivity index (χ3v) is 24.1. The number of aliphatic carboxylic acids is 3. The van der Waals surface area contributed by atoms with Crippen molar-refractivity contribution in [1.29, 1.82) is 5.41 Å². The van der Waals surface area contributed by atoms with Gasteiger partial charge in [-0.05, 0) is 88.0 Å². The van der Waals surface area contributed by atoms with Crippen molar-refractivity contribution in [3.05, 3.63) is 66.4 Å². The monoisotopic (exact) mass is 1920 g/mol. The van der Waals surface area contributed by atoms with E-state index in [0.29, 0.717) is 16.0 Å². The van der Waals surface area contributed by atoms with Crippen LogP contribution in [-0.4, -0.2) is 312 Å². The van der Waals surface area contributed by atoms with Crippen molar-refractivity contribution in [2.45, 2.75) is 222 Å². The molecule has 6 rings (SSSR count). The zero-order valence-corrected chi connectivity index (χ0v) is 76.4. The Morgan fingerprint density at radius 2 is 0.985 bits per heavy atom. The van der Waals surface area contributed by atoms with Crippen LogP contribution >= 0.6 is 11.8 Å². The highest BCUT2D eigenvalue weighted by Gasteiger charge is 2.43. The zero-order chi connectivity index (χ0) is 99.9. The van der Waals surface area contributed by atoms with E-state index in [1.807, 2.05) is 4.57 Å². The largest absolute Gasteiger partial charge is 0.481 e. The fourth-order valence-electron chi connectivity index (χ4n) is 15.5. The normalized spacial score (nSPS) is 25.7. The molecule has 2 aromatic carbocycles. The molecule has 3 aromatic rings. The molecule has 2 fully saturated rings. The second-order valence-corrected chi connectivity index (χ2v) is 35.3. The van der Waals surface area contributed by atoms with Crippen LogP contribution in [0, 0.1) is 46.8 Å². The van der Waals surface area contributed by atoms with E-state index < -0.39 is 348 Å². The molecule has 13 amide bonds. The van der Waals surface area contributed by atoms with E-state index in [1.54, 1.807) is 74.6 Å². The number of thioether (sulfide) groups is 1. The van der Waals surface area contributed by atoms with E-state index in [2.05, 4.69) is 69.1 Å². The Kier molecular flexibility index (Phi) is 45.9. The number of nitrogens with one attached hydrogen (secondary N) is 14. The fourth-order valence-corrected chi connectivity index (χ4v) is 16.7. The van der Waals surface area contributed by atoms with Crippen molar-refractivity contribution >= 4 is 152 Å². The molecule has 742 valence electrons. The van der Waals surface area contributed by atoms with Crippen molar-refractivity contribution in [3.63, 3.8) is 0 Å². The third kappa shape index (κ3) is 36.2. The average molecular weight is 1920 g/mol. The lowest BCUT2D eigenvalue weighted by atomic mass is 9.90. The summed E-state index contributed by atoms with van der Waals surface area (Å²) in [6, 6.07) is -2.03. The van der Waals surface area contributed by atoms with Crippen molar-refractivity contribution in [1.82, 2.24) is 78.6 Å². The van der Waals surface area contributed by atoms with Gasteiger partial charge in [-0.1, -0.05) is 82.3 Å². The number of hydrogen-bond acceptors (Lipinski definition) is 28. The molecule has 4 heterocycles. The molecular formula is C88H125N17O29S. The maximum atomic E-state index is 14.8. The van der Waals surface area contributed by atoms with Crippen LogP contribution in [0.4, 0.5) is 0 Å². The minimum atomic E-state index is -1.99. The Morgan fingerprint density at radius 1 is 0.474 bits per heavy atom. The second-order valence-electron chi connectivity index (χ2n) is 34.3. The Labute approximate surface area is 780 Å². The van der Waals surface area contributed by atoms with Crippen LogP contribution in [0.2, 0.25) is 0 Å². The van der Waals surface area contributed by atoms with E-state index in [4.69, 9.17) is 11.1 Å². The van der Waals surface area contributed by atoms with Crippen LogP contribution in [0.1, 0.15) is 149 Å². The number of aliphatic hydroxyl groups excluding tert-OH is 5. The fraction of sp³-hybridized carbons (Fsp3) is 0.591. The maximum absolute atomic E-state index is 14.8. The van der Waals surface area contributed by atoms with Gasteiger partial charge in [0.05, 0.1) is 87.9 Å². The van der Waals surface area contributed by atoms with E-state index in [9.17, 15) is 142 Å². The highest BCUT2D eigenvalue weighted by molar-refractivity contribution is 7.99. The molecule has 0 aliphatic carbocycles. The van der Waals surface area contributed by atoms with Gasteiger partial charge in [-0.3, -0.25) is 106 Å². The van der Waals surface area contributed by atoms with Gasteiger partial charge in [0, 0.05) is 99.1 Å². The number of amides is 13. The summed E-state index contributed by atoms with van der Waals surface area (Å²) >= 11 is 1.09. The van der Waals surface area contributed by atoms with E-state index >= 15 is 0 Å². The number of benzene rings is 2. The number of ketones is 5. The minimum absolute atomic E-state index is 0.0263. The summed E-state index contributed by atoms with van der Waals surface area (Å²) in [6.07, 6.45) is -6.45. The van der Waals surface area contributed by atoms with Crippen molar-refractivity contribution < 1.29 is 142 Å². The highest BCUT2D eigenvalue weighted by atomic mass is 32.2. The SMILES string of the molecule is CC(C)C[C@@H]1NC(=O)[C@H](CO)CC(=O)[C@H](CO)NC(=O)[C@@H]2CSc3c4ccccc4cn3CCCC[C@H](NC(=O)[C@H](CO)NC(=O)[C@H](CCC(=O)O)NC(=O)[C@H](CO)CC(=O)[C@H](CO)NC(=O)[C@H](Cc3ccccc3)CC(=O)CNC(=O)CNC(=O)[C@H](CCCNC(=N)N)CC(=O)CNC(=O)[C@@H]3CCCN3C(=O)[C@H](CCC(=O)O)NC(=O)[C@H](CC(=O)O)CC1=O)C(=O)N[C@@H](C(C)C)C(=O)N2. The lowest BCUT2D eigenvalue weighted by Crippen LogP contribution is -2.61. The van der Waals surface area contributed by atoms with E-state index in [0.717, 1.165) is 22.0 Å². The summed E-state index contributed by atoms with van der Waals surface area (Å²) in [6.45, 7) is -1.72. The number of aryl methyl sites for hydroxylation is 1. The van der Waals surface area contributed by atoms with Crippen LogP contribution in [0.25, 0.3) is 10.8 Å². The van der Waals surface area contributed by atoms with Gasteiger partial charge in [0.25, 0.3) is 0 Å². The standard InChI is InChI=1S/C88H125N17O29S/c1-46(2)28-61-67(113)32-52(35-73(121)122)77(125)97-60(22-24-72(119)120)86(134)105-27-13-20-66(105)84(132)93-37-55(111)30-49(17-12-25-91-88(89)90)75(123)94-38-70(116)92-36-56(112)31-51(29-48-14-6-5-7-15-48)76(124)99-62(42-108)68(114)33-53(40-106)78(126)95-59(21-23-71(117)118)80(128)101-64(44-110)82(130)96-58-19-10-11-26-104-39-50-16-8-9-18-57(50)87(104)135-45-65(102-85(133)74(47(3)4)103-81(58)129)83(131)100-63(43-109)69(115)34-54(41-107)79(127)98-61/h5-9,14-16,18,39,46-47,49,51-54,58-66,74,106-110H,10-13,17,19-38,40-45H2,1-4H3,(H,92,116)(H,93,132)(H,94,123)(H,95,126)(H,96,130)(H,97,125)(H,98,127)(H,99,124)(H,100,131)(H,101,128)(H,102,133)(H,103,129)(H,117,118)(H,119,120)(H,121,122)(H4,89,90,91)/t49-,51-,52+,53+,54+,58+,59+,60+,61+,62+,63+,64+,65+,66+,74+/m1/s1. The summed E-state index contributed by atoms with van der Waals surface area (Å²) in [4.78, 5) is 294. The molecule has 3 aliphatic heterocycles. The molecule has 0 spiro atoms. The Morgan fingerprint density at radius 3 is 1.58 bits per heavy atom. The highest BCUT2D eigenvalue weighted by Crippen LogP contribution is 2.32. The lowest BCUT2D eigenvalue weighted by Gasteiger charge is -2.29. The van der Waals surface area contributed by atoms with Crippen molar-refractivity contribution in [3.8, 4) is 0 Å². The molecule has 0 radical (unpaired) electrons. The van der Waals surface area contributed by atoms with Gasteiger partial charge in [-0.15, -0.1) is 11.8 Å². The Balaban J connectivity index is 1.35. The molecular weight excluding hydrogens is 1790 g/mol. The number of carbonyl (C=O) groups is 21. The average Bonchev–Trinajstić information content (AvgIpc) is 1.64. The smallest absolute Gasteiger partial charge is 0.304 e. The molecule has 24 N–H and O–H groups in total. The molecule has 15 atom stereocenters. The summed E-state index contributed by atoms with van der Waals surface area (Å²) in [5.41, 5.74) is 5.93. The van der Waals surface area contributed by atoms with Gasteiger partial charge in [0.1, 0.15) is 54.4 Å². The van der Waals surface area contributed by atoms with E-state index in [-0.39, 0.29) is 83.2 Å². The molecule has 47 heteroatoms. The predicted octanol–water partition coefficient (Wildman–Crippen LogP) is -5.12. The zero-order valence-electron chi connectivity index (χ0n) is 75.5. The first-order valence-corrected chi connectivity index (χ1v) is 45.6. The number of Topliss-reactive ketones (excluding diaryl/α,β-unsaturated/α-hetero) is 5. The topological polar surface area (TPSA) is 735 Å². The molecule has 135 heavy (non-hydrogen) atoms. The van der Waals surface area contributed by atoms with E-state index in [1.165, 1.54) is 13.8 Å². The number of carboxylic acid groups (broad SMARTS) is 3. The molecule has 0 saturated carbocycles. The van der Waals surface area contributed by atoms with Crippen LogP contribution < -0.4 is 74.9 Å². The first-order chi connectivity index (χ1) is 64.1. The van der Waals surface area contributed by atoms with Crippen molar-refractivity contribution in [2.75, 3.05) is 71.5 Å². The molecule has 1 aromatic heterocycles. The number of carbonyl (C=O) groups excluding carboxylic acids is 18. The number of nitrogens with zero attached hydrogens (tertiary/aromatic N) is 2. The first kappa shape index (κ1) is 111. The van der Waals surface area contributed by atoms with Gasteiger partial charge in [0.15, 0.2) is 34.9 Å². The molecule has 3 aliphatic rings. The van der Waals surface area contributed by atoms with Crippen LogP contribution in [-0.2, 0) is 114 Å². The van der Waals surface area contributed by atoms with Crippen LogP contribution in [0.3, 0.4) is 0 Å². The van der Waals surface area contributed by atoms with Crippen molar-refractivity contribution in [2.24, 2.45) is 47.2 Å². The first-order valence-electron chi connectivity index (χ1n) is 44.6. The third-order valence-electron chi connectivity index (χ3n) is 22.9. The Hall–Kier alpha value is -12.7. The summed E-state index contributed by atoms with van der Waals surface area (Å²) < 4.78 is 1.83. The minimum Gasteiger partial charge on any atom is -0.481 e. The number of fused-ring (bicyclic) bond motifs is 10. The Bertz CT molecular complexity index is 4740. The summed E-state index contributed by atoms with van der Waals surface area (Å²) in [5, 5.41) is 124. The van der Waals surface area contributed by atoms with Crippen LogP contribution in [0.5, 0.6) is 0 Å². The number of hydrogen-bond donors (Lipinski definition) is 23. The number of nitrogens with two attached hydrogens (primary N) is 1. The quantitative estimate of drug-likeness (QED) is 0.0254. The summed E-state index contributed by atoms with van der Waals surface area (Å²) in [7, 11) is 0. The molecule has 46 nitrogen and oxygen atoms in total. The van der Waals surface area contributed by atoms with Gasteiger partial charge < -0.3 is 125 Å². The number of aromatic nitrogens is 1. The van der Waals surface area contributed by atoms with Gasteiger partial charge >= 0.3 is 17.9 Å². The number of guanidine groups is 1. The van der Waals surface area contributed by atoms with Gasteiger partial charge in [-0.2, -0.15) is 0 Å². The second kappa shape index (κ2) is 55.8. The van der Waals surface area contributed by atoms with Crippen LogP contribution in [0.15, 0.2) is 65.8 Å². The molecule has 2 bridgehead atoms. The maximum Gasteiger partial charge on any atom is 0.304 e. The number of carboxylic acids is 3. The summed E-state index contributed by atoms with van der Waals surface area (Å²) in [5.74, 6) is -33.4. The lowest BCUT2D eigenvalue weighted by molar-refractivity contribution is -0.145. The van der Waals surface area contributed by atoms with Gasteiger partial charge in [0.2, 0.25) is 76.8 Å². The van der Waals surface area contributed by atoms with Gasteiger partial charge in [-0.25, -0.2) is 0 Å².